The van der Waals surface area contributed by atoms with Gasteiger partial charge in [0.05, 0.1) is 17.9 Å². The number of carbonyl (C=O) groups excluding carboxylic acids is 3. The molecule has 4 aliphatic heterocycles. The minimum atomic E-state index is -1.25. The van der Waals surface area contributed by atoms with Crippen LogP contribution in [0.1, 0.15) is 33.6 Å². The lowest BCUT2D eigenvalue weighted by atomic mass is 9.77. The van der Waals surface area contributed by atoms with E-state index in [1.807, 2.05) is 55.5 Å². The Bertz CT molecular complexity index is 1150. The topological polar surface area (TPSA) is 93.6 Å². The van der Waals surface area contributed by atoms with E-state index < -0.39 is 29.6 Å². The number of likely N-dealkylation sites (tertiary alicyclic amines) is 1. The number of carbonyl (C=O) groups is 3. The van der Waals surface area contributed by atoms with Crippen LogP contribution in [0.5, 0.6) is 0 Å². The number of ether oxygens (including phenoxy) is 1. The van der Waals surface area contributed by atoms with Crippen molar-refractivity contribution < 1.29 is 24.2 Å². The fourth-order valence-electron chi connectivity index (χ4n) is 6.81. The van der Waals surface area contributed by atoms with Crippen LogP contribution < -0.4 is 9.80 Å². The first-order chi connectivity index (χ1) is 18.9. The summed E-state index contributed by atoms with van der Waals surface area (Å²) in [5, 5.41) is 9.58. The molecule has 1 unspecified atom stereocenters. The van der Waals surface area contributed by atoms with E-state index in [-0.39, 0.29) is 30.9 Å². The summed E-state index contributed by atoms with van der Waals surface area (Å²) in [5.41, 5.74) is 0.581. The molecule has 1 aromatic carbocycles. The van der Waals surface area contributed by atoms with Crippen LogP contribution in [-0.4, -0.2) is 96.3 Å². The molecule has 5 atom stereocenters. The summed E-state index contributed by atoms with van der Waals surface area (Å²) in [6, 6.07) is 7.00. The standard InChI is InChI=1S/C30H40N4O5/c1-4-16-32-17-7-10-23-24(27(32)36)25-28(37)34(19-9-20-35)26-29(38)33(18-8-15-30(25,26)39-23)22-13-11-21(12-14-22)31(5-2)6-3/h7-8,10-15,23-26,35H,4-6,9,16-20H2,1-3H3/t23-,24+,25+,26?,30+/m1/s1. The Kier molecular flexibility index (Phi) is 7.82. The van der Waals surface area contributed by atoms with Gasteiger partial charge in [0.1, 0.15) is 11.6 Å². The largest absolute Gasteiger partial charge is 0.396 e. The van der Waals surface area contributed by atoms with Gasteiger partial charge in [0, 0.05) is 57.3 Å². The summed E-state index contributed by atoms with van der Waals surface area (Å²) in [7, 11) is 0. The van der Waals surface area contributed by atoms with Gasteiger partial charge in [0.25, 0.3) is 5.91 Å². The molecule has 0 bridgehead atoms. The van der Waals surface area contributed by atoms with E-state index in [9.17, 15) is 19.5 Å². The van der Waals surface area contributed by atoms with Crippen LogP contribution >= 0.6 is 0 Å². The number of benzene rings is 1. The van der Waals surface area contributed by atoms with Crippen molar-refractivity contribution in [3.8, 4) is 0 Å². The molecule has 0 aliphatic carbocycles. The van der Waals surface area contributed by atoms with Crippen LogP contribution in [0.25, 0.3) is 0 Å². The third-order valence-corrected chi connectivity index (χ3v) is 8.58. The molecule has 1 spiro atoms. The van der Waals surface area contributed by atoms with Crippen LogP contribution in [0, 0.1) is 11.8 Å². The lowest BCUT2D eigenvalue weighted by molar-refractivity contribution is -0.144. The maximum Gasteiger partial charge on any atom is 0.253 e. The van der Waals surface area contributed by atoms with Crippen molar-refractivity contribution in [3.05, 3.63) is 48.6 Å². The van der Waals surface area contributed by atoms with E-state index in [4.69, 9.17) is 4.74 Å². The number of fused-ring (bicyclic) bond motifs is 2. The molecule has 9 nitrogen and oxygen atoms in total. The number of aliphatic hydroxyl groups excluding tert-OH is 1. The maximum absolute atomic E-state index is 14.4. The smallest absolute Gasteiger partial charge is 0.253 e. The summed E-state index contributed by atoms with van der Waals surface area (Å²) in [4.78, 5) is 49.5. The van der Waals surface area contributed by atoms with Gasteiger partial charge in [0.2, 0.25) is 11.8 Å². The molecular formula is C30H40N4O5. The molecule has 0 radical (unpaired) electrons. The summed E-state index contributed by atoms with van der Waals surface area (Å²) in [6.45, 7) is 9.55. The van der Waals surface area contributed by atoms with Gasteiger partial charge >= 0.3 is 0 Å². The second-order valence-electron chi connectivity index (χ2n) is 10.7. The number of anilines is 2. The third-order valence-electron chi connectivity index (χ3n) is 8.58. The number of hydrogen-bond donors (Lipinski definition) is 1. The average Bonchev–Trinajstić information content (AvgIpc) is 3.25. The first-order valence-electron chi connectivity index (χ1n) is 14.3. The van der Waals surface area contributed by atoms with Crippen molar-refractivity contribution >= 4 is 29.1 Å². The van der Waals surface area contributed by atoms with Crippen molar-refractivity contribution in [3.63, 3.8) is 0 Å². The molecule has 0 saturated carbocycles. The number of rotatable bonds is 9. The monoisotopic (exact) mass is 536 g/mol. The van der Waals surface area contributed by atoms with Gasteiger partial charge in [0.15, 0.2) is 0 Å². The Morgan fingerprint density at radius 2 is 1.72 bits per heavy atom. The molecule has 3 amide bonds. The Labute approximate surface area is 230 Å². The van der Waals surface area contributed by atoms with Crippen molar-refractivity contribution in [2.45, 2.75) is 51.4 Å². The molecular weight excluding hydrogens is 496 g/mol. The zero-order valence-corrected chi connectivity index (χ0v) is 23.2. The third kappa shape index (κ3) is 4.45. The average molecular weight is 537 g/mol. The van der Waals surface area contributed by atoms with Gasteiger partial charge in [-0.15, -0.1) is 0 Å². The summed E-state index contributed by atoms with van der Waals surface area (Å²) < 4.78 is 6.65. The van der Waals surface area contributed by atoms with Crippen LogP contribution in [0.4, 0.5) is 11.4 Å². The molecule has 5 rings (SSSR count). The molecule has 210 valence electrons. The summed E-state index contributed by atoms with van der Waals surface area (Å²) in [5.74, 6) is -2.08. The highest BCUT2D eigenvalue weighted by molar-refractivity contribution is 6.05. The van der Waals surface area contributed by atoms with Gasteiger partial charge in [-0.05, 0) is 51.0 Å². The normalized spacial score (nSPS) is 29.8. The fraction of sp³-hybridized carbons (Fsp3) is 0.567. The van der Waals surface area contributed by atoms with Crippen LogP contribution in [0.3, 0.4) is 0 Å². The van der Waals surface area contributed by atoms with Crippen molar-refractivity contribution in [2.24, 2.45) is 11.8 Å². The van der Waals surface area contributed by atoms with Crippen molar-refractivity contribution in [1.82, 2.24) is 9.80 Å². The Morgan fingerprint density at radius 1 is 0.974 bits per heavy atom. The minimum absolute atomic E-state index is 0.0984. The van der Waals surface area contributed by atoms with E-state index in [0.717, 1.165) is 30.9 Å². The van der Waals surface area contributed by atoms with Crippen LogP contribution in [0.15, 0.2) is 48.6 Å². The van der Waals surface area contributed by atoms with Crippen molar-refractivity contribution in [2.75, 3.05) is 55.7 Å². The van der Waals surface area contributed by atoms with Gasteiger partial charge < -0.3 is 29.4 Å². The molecule has 1 N–H and O–H groups in total. The summed E-state index contributed by atoms with van der Waals surface area (Å²) >= 11 is 0. The number of nitrogens with zero attached hydrogens (tertiary/aromatic N) is 4. The van der Waals surface area contributed by atoms with Gasteiger partial charge in [-0.1, -0.05) is 31.2 Å². The highest BCUT2D eigenvalue weighted by Crippen LogP contribution is 2.53. The van der Waals surface area contributed by atoms with Crippen LogP contribution in [-0.2, 0) is 19.1 Å². The van der Waals surface area contributed by atoms with E-state index in [2.05, 4.69) is 18.7 Å². The number of aliphatic hydroxyl groups is 1. The SMILES string of the molecule is CCCN1CC=C[C@H]2O[C@]34C=CCN(c5ccc(N(CC)CC)cc5)C(=O)C3N(CCCO)C(=O)[C@@H]4[C@H]2C1=O. The predicted octanol–water partition coefficient (Wildman–Crippen LogP) is 2.21. The van der Waals surface area contributed by atoms with Crippen LogP contribution in [0.2, 0.25) is 0 Å². The fourth-order valence-corrected chi connectivity index (χ4v) is 6.81. The van der Waals surface area contributed by atoms with Gasteiger partial charge in [-0.2, -0.15) is 0 Å². The molecule has 39 heavy (non-hydrogen) atoms. The molecule has 1 aromatic rings. The number of amides is 3. The molecule has 4 heterocycles. The van der Waals surface area contributed by atoms with E-state index >= 15 is 0 Å². The Balaban J connectivity index is 1.53. The highest BCUT2D eigenvalue weighted by Gasteiger charge is 2.71. The first-order valence-corrected chi connectivity index (χ1v) is 14.3. The zero-order chi connectivity index (χ0) is 27.7. The molecule has 4 aliphatic rings. The number of hydrogen-bond acceptors (Lipinski definition) is 6. The molecule has 0 aromatic heterocycles. The second kappa shape index (κ2) is 11.1. The van der Waals surface area contributed by atoms with Crippen molar-refractivity contribution in [1.29, 1.82) is 0 Å². The quantitative estimate of drug-likeness (QED) is 0.487. The van der Waals surface area contributed by atoms with Gasteiger partial charge in [-0.25, -0.2) is 0 Å². The molecule has 2 fully saturated rings. The lowest BCUT2D eigenvalue weighted by Crippen LogP contribution is -2.55. The first kappa shape index (κ1) is 27.4. The Hall–Kier alpha value is -3.17. The Morgan fingerprint density at radius 3 is 2.38 bits per heavy atom. The molecule has 9 heteroatoms. The second-order valence-corrected chi connectivity index (χ2v) is 10.7. The highest BCUT2D eigenvalue weighted by atomic mass is 16.5. The van der Waals surface area contributed by atoms with Gasteiger partial charge in [-0.3, -0.25) is 14.4 Å². The lowest BCUT2D eigenvalue weighted by Gasteiger charge is -2.35. The zero-order valence-electron chi connectivity index (χ0n) is 23.2. The summed E-state index contributed by atoms with van der Waals surface area (Å²) in [6.07, 6.45) is 8.16. The maximum atomic E-state index is 14.4. The van der Waals surface area contributed by atoms with E-state index in [0.29, 0.717) is 26.1 Å². The minimum Gasteiger partial charge on any atom is -0.396 e. The molecule has 2 saturated heterocycles. The van der Waals surface area contributed by atoms with E-state index in [1.54, 1.807) is 14.7 Å². The predicted molar refractivity (Wildman–Crippen MR) is 149 cm³/mol. The van der Waals surface area contributed by atoms with E-state index in [1.165, 1.54) is 0 Å².